The van der Waals surface area contributed by atoms with Gasteiger partial charge in [-0.25, -0.2) is 0 Å². The average Bonchev–Trinajstić information content (AvgIpc) is 3.07. The van der Waals surface area contributed by atoms with Crippen LogP contribution in [-0.4, -0.2) is 60.4 Å². The number of rotatable bonds is 7. The van der Waals surface area contributed by atoms with Crippen molar-refractivity contribution in [3.63, 3.8) is 0 Å². The summed E-state index contributed by atoms with van der Waals surface area (Å²) in [5.41, 5.74) is 2.06. The van der Waals surface area contributed by atoms with Crippen molar-refractivity contribution in [2.45, 2.75) is 0 Å². The van der Waals surface area contributed by atoms with Gasteiger partial charge in [-0.3, -0.25) is 19.4 Å². The van der Waals surface area contributed by atoms with Crippen LogP contribution in [0.1, 0.15) is 5.56 Å². The highest BCUT2D eigenvalue weighted by molar-refractivity contribution is 8.18. The molecule has 2 aliphatic heterocycles. The number of piperazine rings is 1. The number of hydrogen-bond acceptors (Lipinski definition) is 6. The van der Waals surface area contributed by atoms with Gasteiger partial charge < -0.3 is 9.64 Å². The summed E-state index contributed by atoms with van der Waals surface area (Å²) in [6.45, 7) is 7.76. The number of anilines is 1. The standard InChI is InChI=1S/C24H25N3O3S/c1-2-16-30-21-10-8-19(9-11-21)17-22-23(28)27(24(29)31-22)18-25-12-14-26(15-13-25)20-6-4-3-5-7-20/h2-11,17H,1,12-16,18H2/b22-17-. The van der Waals surface area contributed by atoms with Crippen LogP contribution in [0.4, 0.5) is 10.5 Å². The molecule has 2 aromatic rings. The number of imide groups is 1. The molecule has 0 unspecified atom stereocenters. The minimum atomic E-state index is -0.229. The predicted octanol–water partition coefficient (Wildman–Crippen LogP) is 4.07. The van der Waals surface area contributed by atoms with Crippen LogP contribution in [0.2, 0.25) is 0 Å². The summed E-state index contributed by atoms with van der Waals surface area (Å²) in [7, 11) is 0. The van der Waals surface area contributed by atoms with Crippen molar-refractivity contribution in [1.29, 1.82) is 0 Å². The van der Waals surface area contributed by atoms with Crippen LogP contribution < -0.4 is 9.64 Å². The van der Waals surface area contributed by atoms with Crippen molar-refractivity contribution in [1.82, 2.24) is 9.80 Å². The van der Waals surface area contributed by atoms with E-state index in [0.29, 0.717) is 18.2 Å². The Kier molecular flexibility index (Phi) is 6.74. The van der Waals surface area contributed by atoms with E-state index >= 15 is 0 Å². The molecule has 0 spiro atoms. The van der Waals surface area contributed by atoms with Crippen molar-refractivity contribution in [2.24, 2.45) is 0 Å². The minimum absolute atomic E-state index is 0.215. The summed E-state index contributed by atoms with van der Waals surface area (Å²) < 4.78 is 5.47. The minimum Gasteiger partial charge on any atom is -0.490 e. The Hall–Kier alpha value is -3.03. The smallest absolute Gasteiger partial charge is 0.294 e. The maximum atomic E-state index is 12.8. The van der Waals surface area contributed by atoms with E-state index in [0.717, 1.165) is 49.3 Å². The monoisotopic (exact) mass is 435 g/mol. The van der Waals surface area contributed by atoms with Crippen molar-refractivity contribution >= 4 is 34.7 Å². The van der Waals surface area contributed by atoms with Crippen LogP contribution in [0, 0.1) is 0 Å². The molecule has 2 amide bonds. The lowest BCUT2D eigenvalue weighted by Crippen LogP contribution is -2.50. The van der Waals surface area contributed by atoms with Crippen LogP contribution in [0.3, 0.4) is 0 Å². The zero-order chi connectivity index (χ0) is 21.6. The van der Waals surface area contributed by atoms with E-state index in [9.17, 15) is 9.59 Å². The lowest BCUT2D eigenvalue weighted by Gasteiger charge is -2.37. The van der Waals surface area contributed by atoms with Crippen molar-refractivity contribution in [3.05, 3.63) is 77.7 Å². The molecule has 2 fully saturated rings. The number of nitrogens with zero attached hydrogens (tertiary/aromatic N) is 3. The highest BCUT2D eigenvalue weighted by Crippen LogP contribution is 2.32. The molecule has 2 aromatic carbocycles. The Morgan fingerprint density at radius 3 is 2.35 bits per heavy atom. The fourth-order valence-corrected chi connectivity index (χ4v) is 4.41. The maximum absolute atomic E-state index is 12.8. The summed E-state index contributed by atoms with van der Waals surface area (Å²) in [6, 6.07) is 17.7. The van der Waals surface area contributed by atoms with Gasteiger partial charge in [0.05, 0.1) is 11.6 Å². The molecule has 0 bridgehead atoms. The highest BCUT2D eigenvalue weighted by Gasteiger charge is 2.36. The van der Waals surface area contributed by atoms with E-state index in [1.807, 2.05) is 42.5 Å². The van der Waals surface area contributed by atoms with Crippen LogP contribution in [0.15, 0.2) is 72.2 Å². The molecule has 7 heteroatoms. The molecule has 0 aromatic heterocycles. The number of carbonyl (C=O) groups is 2. The van der Waals surface area contributed by atoms with E-state index < -0.39 is 0 Å². The first kappa shape index (κ1) is 21.2. The second-order valence-electron chi connectivity index (χ2n) is 7.36. The van der Waals surface area contributed by atoms with Crippen molar-refractivity contribution in [3.8, 4) is 5.75 Å². The summed E-state index contributed by atoms with van der Waals surface area (Å²) >= 11 is 0.998. The lowest BCUT2D eigenvalue weighted by atomic mass is 10.2. The molecule has 6 nitrogen and oxygen atoms in total. The summed E-state index contributed by atoms with van der Waals surface area (Å²) in [4.78, 5) is 31.6. The van der Waals surface area contributed by atoms with E-state index in [4.69, 9.17) is 4.74 Å². The normalized spacial score (nSPS) is 18.6. The van der Waals surface area contributed by atoms with Gasteiger partial charge in [0.1, 0.15) is 12.4 Å². The molecule has 0 aliphatic carbocycles. The van der Waals surface area contributed by atoms with E-state index in [-0.39, 0.29) is 11.1 Å². The third-order valence-electron chi connectivity index (χ3n) is 5.25. The molecule has 4 rings (SSSR count). The fraction of sp³-hybridized carbons (Fsp3) is 0.250. The van der Waals surface area contributed by atoms with Crippen molar-refractivity contribution < 1.29 is 14.3 Å². The molecule has 31 heavy (non-hydrogen) atoms. The molecule has 2 heterocycles. The summed E-state index contributed by atoms with van der Waals surface area (Å²) in [6.07, 6.45) is 3.45. The molecule has 0 N–H and O–H groups in total. The Morgan fingerprint density at radius 1 is 0.968 bits per heavy atom. The Balaban J connectivity index is 1.34. The molecule has 0 radical (unpaired) electrons. The number of thioether (sulfide) groups is 1. The molecular formula is C24H25N3O3S. The number of benzene rings is 2. The fourth-order valence-electron chi connectivity index (χ4n) is 3.58. The zero-order valence-electron chi connectivity index (χ0n) is 17.3. The average molecular weight is 436 g/mol. The van der Waals surface area contributed by atoms with Gasteiger partial charge in [-0.2, -0.15) is 0 Å². The lowest BCUT2D eigenvalue weighted by molar-refractivity contribution is -0.124. The van der Waals surface area contributed by atoms with Crippen LogP contribution >= 0.6 is 11.8 Å². The van der Waals surface area contributed by atoms with Crippen LogP contribution in [-0.2, 0) is 4.79 Å². The summed E-state index contributed by atoms with van der Waals surface area (Å²) in [5.74, 6) is 0.507. The molecular weight excluding hydrogens is 410 g/mol. The number of para-hydroxylation sites is 1. The second-order valence-corrected chi connectivity index (χ2v) is 8.35. The SMILES string of the molecule is C=CCOc1ccc(/C=C2\SC(=O)N(CN3CCN(c4ccccc4)CC3)C2=O)cc1. The summed E-state index contributed by atoms with van der Waals surface area (Å²) in [5, 5.41) is -0.215. The highest BCUT2D eigenvalue weighted by atomic mass is 32.2. The van der Waals surface area contributed by atoms with E-state index in [1.165, 1.54) is 10.6 Å². The Labute approximate surface area is 186 Å². The van der Waals surface area contributed by atoms with Crippen LogP contribution in [0.5, 0.6) is 5.75 Å². The predicted molar refractivity (Wildman–Crippen MR) is 125 cm³/mol. The largest absolute Gasteiger partial charge is 0.490 e. The van der Waals surface area contributed by atoms with Gasteiger partial charge in [0.2, 0.25) is 0 Å². The van der Waals surface area contributed by atoms with Crippen LogP contribution in [0.25, 0.3) is 6.08 Å². The molecule has 2 saturated heterocycles. The maximum Gasteiger partial charge on any atom is 0.294 e. The van der Waals surface area contributed by atoms with Gasteiger partial charge in [0, 0.05) is 31.9 Å². The second kappa shape index (κ2) is 9.85. The first-order valence-electron chi connectivity index (χ1n) is 10.3. The topological polar surface area (TPSA) is 53.1 Å². The number of amides is 2. The van der Waals surface area contributed by atoms with Gasteiger partial charge >= 0.3 is 0 Å². The van der Waals surface area contributed by atoms with Gasteiger partial charge in [0.15, 0.2) is 0 Å². The van der Waals surface area contributed by atoms with Crippen molar-refractivity contribution in [2.75, 3.05) is 44.4 Å². The Bertz CT molecular complexity index is 967. The van der Waals surface area contributed by atoms with E-state index in [1.54, 1.807) is 12.2 Å². The van der Waals surface area contributed by atoms with Gasteiger partial charge in [-0.05, 0) is 47.7 Å². The first-order valence-corrected chi connectivity index (χ1v) is 11.1. The molecule has 160 valence electrons. The van der Waals surface area contributed by atoms with Gasteiger partial charge in [-0.1, -0.05) is 43.0 Å². The van der Waals surface area contributed by atoms with Gasteiger partial charge in [-0.15, -0.1) is 0 Å². The molecule has 2 aliphatic rings. The third-order valence-corrected chi connectivity index (χ3v) is 6.16. The quantitative estimate of drug-likeness (QED) is 0.483. The number of carbonyl (C=O) groups excluding carboxylic acids is 2. The van der Waals surface area contributed by atoms with E-state index in [2.05, 4.69) is 28.5 Å². The first-order chi connectivity index (χ1) is 15.1. The zero-order valence-corrected chi connectivity index (χ0v) is 18.1. The molecule has 0 saturated carbocycles. The number of hydrogen-bond donors (Lipinski definition) is 0. The van der Waals surface area contributed by atoms with Gasteiger partial charge in [0.25, 0.3) is 11.1 Å². The molecule has 0 atom stereocenters. The number of ether oxygens (including phenoxy) is 1. The third kappa shape index (κ3) is 5.18. The Morgan fingerprint density at radius 2 is 1.68 bits per heavy atom.